The fourth-order valence-corrected chi connectivity index (χ4v) is 2.08. The quantitative estimate of drug-likeness (QED) is 0.698. The molecule has 3 atom stereocenters. The lowest BCUT2D eigenvalue weighted by Gasteiger charge is -2.22. The van der Waals surface area contributed by atoms with Crippen molar-refractivity contribution in [1.29, 1.82) is 0 Å². The molecule has 0 aromatic heterocycles. The lowest BCUT2D eigenvalue weighted by atomic mass is 9.86. The van der Waals surface area contributed by atoms with Gasteiger partial charge in [-0.25, -0.2) is 0 Å². The first-order valence-corrected chi connectivity index (χ1v) is 5.50. The normalized spacial score (nSPS) is 31.2. The number of β-amino-alcohol motifs (C(OH)–C–C–N with tert-alkyl or cyclic N) is 1. The number of hydrogen-bond acceptors (Lipinski definition) is 2. The molecule has 1 fully saturated rings. The Morgan fingerprint density at radius 1 is 1.23 bits per heavy atom. The molecule has 0 spiro atoms. The Bertz CT molecular complexity index is 147. The summed E-state index contributed by atoms with van der Waals surface area (Å²) in [6.07, 6.45) is 2.42. The predicted molar refractivity (Wildman–Crippen MR) is 55.6 cm³/mol. The highest BCUT2D eigenvalue weighted by Crippen LogP contribution is 2.24. The van der Waals surface area contributed by atoms with Crippen LogP contribution in [0.2, 0.25) is 0 Å². The van der Waals surface area contributed by atoms with E-state index in [1.54, 1.807) is 0 Å². The Kier molecular flexibility index (Phi) is 4.20. The molecule has 1 heterocycles. The second kappa shape index (κ2) is 4.97. The molecule has 3 unspecified atom stereocenters. The van der Waals surface area contributed by atoms with Crippen LogP contribution in [-0.4, -0.2) is 24.3 Å². The molecule has 78 valence electrons. The topological polar surface area (TPSA) is 32.3 Å². The molecule has 0 aromatic rings. The van der Waals surface area contributed by atoms with E-state index < -0.39 is 0 Å². The summed E-state index contributed by atoms with van der Waals surface area (Å²) in [5.41, 5.74) is 0. The molecular formula is C11H23NO. The van der Waals surface area contributed by atoms with E-state index in [1.807, 2.05) is 0 Å². The minimum absolute atomic E-state index is 0.109. The molecule has 1 rings (SSSR count). The molecule has 2 heteroatoms. The average molecular weight is 185 g/mol. The van der Waals surface area contributed by atoms with Gasteiger partial charge in [0.15, 0.2) is 0 Å². The molecule has 0 bridgehead atoms. The van der Waals surface area contributed by atoms with Crippen molar-refractivity contribution < 1.29 is 5.11 Å². The van der Waals surface area contributed by atoms with Crippen LogP contribution >= 0.6 is 0 Å². The molecule has 0 aromatic carbocycles. The van der Waals surface area contributed by atoms with E-state index in [1.165, 1.54) is 12.8 Å². The van der Waals surface area contributed by atoms with Crippen LogP contribution in [0, 0.1) is 17.8 Å². The van der Waals surface area contributed by atoms with Gasteiger partial charge in [0.1, 0.15) is 0 Å². The maximum absolute atomic E-state index is 9.66. The zero-order valence-electron chi connectivity index (χ0n) is 9.09. The Labute approximate surface area is 81.7 Å². The van der Waals surface area contributed by atoms with Gasteiger partial charge in [-0.1, -0.05) is 33.6 Å². The third kappa shape index (κ3) is 3.28. The van der Waals surface area contributed by atoms with Gasteiger partial charge in [0.05, 0.1) is 6.10 Å². The summed E-state index contributed by atoms with van der Waals surface area (Å²) in [6, 6.07) is 0. The SMILES string of the molecule is CC(C)CCC(C)C1CNCC1O. The Morgan fingerprint density at radius 3 is 2.38 bits per heavy atom. The van der Waals surface area contributed by atoms with E-state index in [0.29, 0.717) is 11.8 Å². The highest BCUT2D eigenvalue weighted by Gasteiger charge is 2.29. The van der Waals surface area contributed by atoms with E-state index in [-0.39, 0.29) is 6.10 Å². The van der Waals surface area contributed by atoms with Crippen molar-refractivity contribution >= 4 is 0 Å². The van der Waals surface area contributed by atoms with Crippen LogP contribution < -0.4 is 5.32 Å². The highest BCUT2D eigenvalue weighted by molar-refractivity contribution is 4.83. The molecule has 13 heavy (non-hydrogen) atoms. The summed E-state index contributed by atoms with van der Waals surface area (Å²) in [4.78, 5) is 0. The zero-order valence-corrected chi connectivity index (χ0v) is 9.09. The zero-order chi connectivity index (χ0) is 9.84. The summed E-state index contributed by atoms with van der Waals surface area (Å²) < 4.78 is 0. The minimum Gasteiger partial charge on any atom is -0.391 e. The minimum atomic E-state index is -0.109. The van der Waals surface area contributed by atoms with Crippen molar-refractivity contribution in [3.8, 4) is 0 Å². The van der Waals surface area contributed by atoms with Crippen LogP contribution in [0.1, 0.15) is 33.6 Å². The predicted octanol–water partition coefficient (Wildman–Crippen LogP) is 1.64. The van der Waals surface area contributed by atoms with Gasteiger partial charge in [0.2, 0.25) is 0 Å². The number of hydrogen-bond donors (Lipinski definition) is 2. The standard InChI is InChI=1S/C11H23NO/c1-8(2)4-5-9(3)10-6-12-7-11(10)13/h8-13H,4-7H2,1-3H3. The van der Waals surface area contributed by atoms with Gasteiger partial charge in [0.25, 0.3) is 0 Å². The van der Waals surface area contributed by atoms with Crippen molar-refractivity contribution in [2.45, 2.75) is 39.7 Å². The molecule has 0 aliphatic carbocycles. The van der Waals surface area contributed by atoms with Gasteiger partial charge in [-0.15, -0.1) is 0 Å². The molecule has 2 N–H and O–H groups in total. The smallest absolute Gasteiger partial charge is 0.0707 e. The van der Waals surface area contributed by atoms with Gasteiger partial charge in [0, 0.05) is 19.0 Å². The van der Waals surface area contributed by atoms with Crippen molar-refractivity contribution in [3.63, 3.8) is 0 Å². The van der Waals surface area contributed by atoms with E-state index in [9.17, 15) is 5.11 Å². The van der Waals surface area contributed by atoms with E-state index in [2.05, 4.69) is 26.1 Å². The first kappa shape index (κ1) is 11.0. The first-order chi connectivity index (χ1) is 6.11. The molecule has 0 radical (unpaired) electrons. The van der Waals surface area contributed by atoms with Crippen molar-refractivity contribution in [2.75, 3.05) is 13.1 Å². The summed E-state index contributed by atoms with van der Waals surface area (Å²) in [7, 11) is 0. The van der Waals surface area contributed by atoms with E-state index >= 15 is 0 Å². The van der Waals surface area contributed by atoms with Crippen molar-refractivity contribution in [3.05, 3.63) is 0 Å². The van der Waals surface area contributed by atoms with Crippen molar-refractivity contribution in [2.24, 2.45) is 17.8 Å². The largest absolute Gasteiger partial charge is 0.391 e. The highest BCUT2D eigenvalue weighted by atomic mass is 16.3. The monoisotopic (exact) mass is 185 g/mol. The Morgan fingerprint density at radius 2 is 1.92 bits per heavy atom. The lowest BCUT2D eigenvalue weighted by molar-refractivity contribution is 0.113. The second-order valence-corrected chi connectivity index (χ2v) is 4.84. The van der Waals surface area contributed by atoms with Gasteiger partial charge in [-0.3, -0.25) is 0 Å². The fraction of sp³-hybridized carbons (Fsp3) is 1.00. The molecule has 0 amide bonds. The van der Waals surface area contributed by atoms with Gasteiger partial charge < -0.3 is 10.4 Å². The maximum Gasteiger partial charge on any atom is 0.0707 e. The second-order valence-electron chi connectivity index (χ2n) is 4.84. The summed E-state index contributed by atoms with van der Waals surface area (Å²) in [6.45, 7) is 8.58. The molecular weight excluding hydrogens is 162 g/mol. The van der Waals surface area contributed by atoms with Gasteiger partial charge >= 0.3 is 0 Å². The van der Waals surface area contributed by atoms with Crippen LogP contribution in [0.5, 0.6) is 0 Å². The van der Waals surface area contributed by atoms with Crippen molar-refractivity contribution in [1.82, 2.24) is 5.32 Å². The first-order valence-electron chi connectivity index (χ1n) is 5.50. The summed E-state index contributed by atoms with van der Waals surface area (Å²) in [5.74, 6) is 1.93. The van der Waals surface area contributed by atoms with E-state index in [0.717, 1.165) is 19.0 Å². The molecule has 1 saturated heterocycles. The Balaban J connectivity index is 2.25. The number of aliphatic hydroxyl groups excluding tert-OH is 1. The third-order valence-electron chi connectivity index (χ3n) is 3.16. The molecule has 2 nitrogen and oxygen atoms in total. The lowest BCUT2D eigenvalue weighted by Crippen LogP contribution is -2.24. The fourth-order valence-electron chi connectivity index (χ4n) is 2.08. The molecule has 1 aliphatic rings. The van der Waals surface area contributed by atoms with Crippen LogP contribution in [0.4, 0.5) is 0 Å². The van der Waals surface area contributed by atoms with Gasteiger partial charge in [-0.05, 0) is 11.8 Å². The van der Waals surface area contributed by atoms with E-state index in [4.69, 9.17) is 0 Å². The number of aliphatic hydroxyl groups is 1. The number of nitrogens with one attached hydrogen (secondary N) is 1. The van der Waals surface area contributed by atoms with Crippen LogP contribution in [0.15, 0.2) is 0 Å². The average Bonchev–Trinajstić information content (AvgIpc) is 2.47. The Hall–Kier alpha value is -0.0800. The number of rotatable bonds is 4. The van der Waals surface area contributed by atoms with Gasteiger partial charge in [-0.2, -0.15) is 0 Å². The molecule has 0 saturated carbocycles. The van der Waals surface area contributed by atoms with Crippen LogP contribution in [0.3, 0.4) is 0 Å². The van der Waals surface area contributed by atoms with Crippen LogP contribution in [-0.2, 0) is 0 Å². The maximum atomic E-state index is 9.66. The summed E-state index contributed by atoms with van der Waals surface area (Å²) in [5, 5.41) is 12.9. The third-order valence-corrected chi connectivity index (χ3v) is 3.16. The summed E-state index contributed by atoms with van der Waals surface area (Å²) >= 11 is 0. The van der Waals surface area contributed by atoms with Crippen LogP contribution in [0.25, 0.3) is 0 Å². The molecule has 1 aliphatic heterocycles.